The number of amides is 3. The molecule has 2 N–H and O–H groups in total. The number of halogens is 1. The number of anilines is 1. The van der Waals surface area contributed by atoms with Crippen molar-refractivity contribution in [1.82, 2.24) is 10.2 Å². The second kappa shape index (κ2) is 7.30. The topological polar surface area (TPSA) is 70.7 Å². The van der Waals surface area contributed by atoms with Gasteiger partial charge < -0.3 is 20.3 Å². The lowest BCUT2D eigenvalue weighted by Crippen LogP contribution is -2.48. The van der Waals surface area contributed by atoms with Gasteiger partial charge in [-0.3, -0.25) is 4.79 Å². The van der Waals surface area contributed by atoms with E-state index in [1.807, 2.05) is 0 Å². The Morgan fingerprint density at radius 2 is 2.08 bits per heavy atom. The molecule has 3 amide bonds. The fourth-order valence-corrected chi connectivity index (χ4v) is 3.12. The number of carbonyl (C=O) groups excluding carboxylic acids is 2. The molecule has 1 aromatic carbocycles. The lowest BCUT2D eigenvalue weighted by molar-refractivity contribution is -0.121. The molecule has 7 heteroatoms. The molecule has 1 heterocycles. The van der Waals surface area contributed by atoms with Gasteiger partial charge in [0.05, 0.1) is 18.1 Å². The Bertz CT molecular complexity index is 634. The molecule has 2 aliphatic rings. The van der Waals surface area contributed by atoms with E-state index in [0.29, 0.717) is 35.6 Å². The summed E-state index contributed by atoms with van der Waals surface area (Å²) in [5.41, 5.74) is 0.630. The van der Waals surface area contributed by atoms with Gasteiger partial charge in [-0.05, 0) is 43.9 Å². The van der Waals surface area contributed by atoms with Crippen LogP contribution in [0.25, 0.3) is 0 Å². The zero-order valence-corrected chi connectivity index (χ0v) is 14.4. The maximum Gasteiger partial charge on any atom is 0.317 e. The molecule has 1 aliphatic carbocycles. The minimum Gasteiger partial charge on any atom is -0.495 e. The molecule has 1 atom stereocenters. The smallest absolute Gasteiger partial charge is 0.317 e. The number of piperidine rings is 1. The first-order chi connectivity index (χ1) is 11.6. The summed E-state index contributed by atoms with van der Waals surface area (Å²) in [6, 6.07) is 5.41. The van der Waals surface area contributed by atoms with Gasteiger partial charge in [-0.2, -0.15) is 0 Å². The number of ether oxygens (including phenoxy) is 1. The second-order valence-corrected chi connectivity index (χ2v) is 6.75. The Kier molecular flexibility index (Phi) is 5.14. The molecule has 1 aromatic rings. The van der Waals surface area contributed by atoms with Gasteiger partial charge in [-0.25, -0.2) is 4.79 Å². The molecule has 1 saturated heterocycles. The van der Waals surface area contributed by atoms with Crippen molar-refractivity contribution in [3.63, 3.8) is 0 Å². The molecule has 3 rings (SSSR count). The van der Waals surface area contributed by atoms with Crippen molar-refractivity contribution in [2.24, 2.45) is 5.92 Å². The van der Waals surface area contributed by atoms with E-state index in [2.05, 4.69) is 10.6 Å². The predicted molar refractivity (Wildman–Crippen MR) is 92.5 cm³/mol. The largest absolute Gasteiger partial charge is 0.495 e. The standard InChI is InChI=1S/C17H22ClN3O3/c1-24-15-7-6-13(9-14(15)18)19-16(22)11-3-2-8-21(10-11)17(23)20-12-4-5-12/h6-7,9,11-12H,2-5,8,10H2,1H3,(H,19,22)(H,20,23). The van der Waals surface area contributed by atoms with Crippen LogP contribution < -0.4 is 15.4 Å². The van der Waals surface area contributed by atoms with Crippen molar-refractivity contribution in [2.45, 2.75) is 31.7 Å². The number of nitrogens with zero attached hydrogens (tertiary/aromatic N) is 1. The molecule has 0 spiro atoms. The van der Waals surface area contributed by atoms with E-state index in [0.717, 1.165) is 25.7 Å². The van der Waals surface area contributed by atoms with Crippen LogP contribution in [0.15, 0.2) is 18.2 Å². The van der Waals surface area contributed by atoms with E-state index in [9.17, 15) is 9.59 Å². The van der Waals surface area contributed by atoms with E-state index in [-0.39, 0.29) is 17.9 Å². The summed E-state index contributed by atoms with van der Waals surface area (Å²) >= 11 is 6.08. The highest BCUT2D eigenvalue weighted by molar-refractivity contribution is 6.32. The molecule has 1 saturated carbocycles. The third kappa shape index (κ3) is 4.12. The first kappa shape index (κ1) is 16.9. The Labute approximate surface area is 146 Å². The summed E-state index contributed by atoms with van der Waals surface area (Å²) in [5.74, 6) is 0.278. The number of likely N-dealkylation sites (tertiary alicyclic amines) is 1. The van der Waals surface area contributed by atoms with Crippen LogP contribution in [0, 0.1) is 5.92 Å². The first-order valence-electron chi connectivity index (χ1n) is 8.26. The molecule has 2 fully saturated rings. The monoisotopic (exact) mass is 351 g/mol. The predicted octanol–water partition coefficient (Wildman–Crippen LogP) is 2.87. The highest BCUT2D eigenvalue weighted by Gasteiger charge is 2.31. The van der Waals surface area contributed by atoms with Crippen LogP contribution in [0.3, 0.4) is 0 Å². The van der Waals surface area contributed by atoms with Crippen molar-refractivity contribution in [1.29, 1.82) is 0 Å². The van der Waals surface area contributed by atoms with Crippen molar-refractivity contribution < 1.29 is 14.3 Å². The fourth-order valence-electron chi connectivity index (χ4n) is 2.86. The summed E-state index contributed by atoms with van der Waals surface area (Å²) < 4.78 is 5.10. The van der Waals surface area contributed by atoms with E-state index in [1.165, 1.54) is 0 Å². The average molecular weight is 352 g/mol. The number of hydrogen-bond acceptors (Lipinski definition) is 3. The van der Waals surface area contributed by atoms with Crippen molar-refractivity contribution >= 4 is 29.2 Å². The Morgan fingerprint density at radius 1 is 1.29 bits per heavy atom. The molecular weight excluding hydrogens is 330 g/mol. The number of benzene rings is 1. The summed E-state index contributed by atoms with van der Waals surface area (Å²) in [5, 5.41) is 6.30. The Balaban J connectivity index is 1.57. The molecular formula is C17H22ClN3O3. The van der Waals surface area contributed by atoms with Gasteiger partial charge in [0.2, 0.25) is 5.91 Å². The highest BCUT2D eigenvalue weighted by Crippen LogP contribution is 2.28. The van der Waals surface area contributed by atoms with Crippen LogP contribution in [0.4, 0.5) is 10.5 Å². The minimum atomic E-state index is -0.204. The molecule has 0 aromatic heterocycles. The van der Waals surface area contributed by atoms with Gasteiger partial charge in [0, 0.05) is 24.8 Å². The summed E-state index contributed by atoms with van der Waals surface area (Å²) in [6.07, 6.45) is 3.73. The molecule has 0 bridgehead atoms. The van der Waals surface area contributed by atoms with Gasteiger partial charge in [0.15, 0.2) is 0 Å². The second-order valence-electron chi connectivity index (χ2n) is 6.35. The molecule has 24 heavy (non-hydrogen) atoms. The Morgan fingerprint density at radius 3 is 2.75 bits per heavy atom. The molecule has 0 radical (unpaired) electrons. The van der Waals surface area contributed by atoms with E-state index < -0.39 is 0 Å². The number of hydrogen-bond donors (Lipinski definition) is 2. The van der Waals surface area contributed by atoms with Crippen molar-refractivity contribution in [3.8, 4) is 5.75 Å². The van der Waals surface area contributed by atoms with Gasteiger partial charge in [-0.15, -0.1) is 0 Å². The zero-order chi connectivity index (χ0) is 17.1. The number of methoxy groups -OCH3 is 1. The van der Waals surface area contributed by atoms with Crippen LogP contribution in [-0.4, -0.2) is 43.1 Å². The fraction of sp³-hybridized carbons (Fsp3) is 0.529. The maximum atomic E-state index is 12.5. The summed E-state index contributed by atoms with van der Waals surface area (Å²) in [6.45, 7) is 1.16. The molecule has 1 aliphatic heterocycles. The number of nitrogens with one attached hydrogen (secondary N) is 2. The zero-order valence-electron chi connectivity index (χ0n) is 13.7. The van der Waals surface area contributed by atoms with Gasteiger partial charge in [0.25, 0.3) is 0 Å². The summed E-state index contributed by atoms with van der Waals surface area (Å²) in [7, 11) is 1.54. The SMILES string of the molecule is COc1ccc(NC(=O)C2CCCN(C(=O)NC3CC3)C2)cc1Cl. The number of urea groups is 1. The number of carbonyl (C=O) groups is 2. The van der Waals surface area contributed by atoms with Crippen molar-refractivity contribution in [2.75, 3.05) is 25.5 Å². The van der Waals surface area contributed by atoms with E-state index >= 15 is 0 Å². The van der Waals surface area contributed by atoms with Crippen LogP contribution in [0.5, 0.6) is 5.75 Å². The van der Waals surface area contributed by atoms with Crippen LogP contribution in [-0.2, 0) is 4.79 Å². The number of rotatable bonds is 4. The quantitative estimate of drug-likeness (QED) is 0.876. The normalized spacial score (nSPS) is 20.4. The average Bonchev–Trinajstić information content (AvgIpc) is 3.39. The molecule has 130 valence electrons. The van der Waals surface area contributed by atoms with E-state index in [1.54, 1.807) is 30.2 Å². The maximum absolute atomic E-state index is 12.5. The Hall–Kier alpha value is -1.95. The lowest BCUT2D eigenvalue weighted by atomic mass is 9.97. The van der Waals surface area contributed by atoms with Crippen LogP contribution in [0.2, 0.25) is 5.02 Å². The van der Waals surface area contributed by atoms with E-state index in [4.69, 9.17) is 16.3 Å². The third-order valence-electron chi connectivity index (χ3n) is 4.40. The van der Waals surface area contributed by atoms with Gasteiger partial charge >= 0.3 is 6.03 Å². The summed E-state index contributed by atoms with van der Waals surface area (Å²) in [4.78, 5) is 26.4. The van der Waals surface area contributed by atoms with Gasteiger partial charge in [0.1, 0.15) is 5.75 Å². The van der Waals surface area contributed by atoms with Crippen molar-refractivity contribution in [3.05, 3.63) is 23.2 Å². The third-order valence-corrected chi connectivity index (χ3v) is 4.70. The first-order valence-corrected chi connectivity index (χ1v) is 8.64. The molecule has 6 nitrogen and oxygen atoms in total. The minimum absolute atomic E-state index is 0.0532. The van der Waals surface area contributed by atoms with Crippen LogP contribution >= 0.6 is 11.6 Å². The molecule has 1 unspecified atom stereocenters. The van der Waals surface area contributed by atoms with Crippen LogP contribution in [0.1, 0.15) is 25.7 Å². The highest BCUT2D eigenvalue weighted by atomic mass is 35.5. The lowest BCUT2D eigenvalue weighted by Gasteiger charge is -2.32. The van der Waals surface area contributed by atoms with Gasteiger partial charge in [-0.1, -0.05) is 11.6 Å².